The van der Waals surface area contributed by atoms with Crippen LogP contribution in [0.3, 0.4) is 0 Å². The minimum Gasteiger partial charge on any atom is -0.494 e. The molecular weight excluding hydrogens is 204 g/mol. The van der Waals surface area contributed by atoms with Gasteiger partial charge < -0.3 is 9.47 Å². The van der Waals surface area contributed by atoms with Crippen molar-refractivity contribution in [3.05, 3.63) is 23.8 Å². The number of hydrogen-bond donors (Lipinski definition) is 0. The molecule has 16 heavy (non-hydrogen) atoms. The molecule has 0 N–H and O–H groups in total. The van der Waals surface area contributed by atoms with Crippen molar-refractivity contribution < 1.29 is 14.3 Å². The molecule has 0 bridgehead atoms. The molecule has 0 unspecified atom stereocenters. The van der Waals surface area contributed by atoms with E-state index in [-0.39, 0.29) is 5.78 Å². The highest BCUT2D eigenvalue weighted by Crippen LogP contribution is 2.24. The summed E-state index contributed by atoms with van der Waals surface area (Å²) in [5, 5.41) is 0. The van der Waals surface area contributed by atoms with Crippen molar-refractivity contribution in [2.75, 3.05) is 13.2 Å². The highest BCUT2D eigenvalue weighted by atomic mass is 16.5. The van der Waals surface area contributed by atoms with Gasteiger partial charge in [-0.3, -0.25) is 4.79 Å². The van der Waals surface area contributed by atoms with Crippen LogP contribution in [0.25, 0.3) is 0 Å². The van der Waals surface area contributed by atoms with Gasteiger partial charge in [0.1, 0.15) is 11.5 Å². The van der Waals surface area contributed by atoms with E-state index >= 15 is 0 Å². The van der Waals surface area contributed by atoms with Crippen LogP contribution in [0.2, 0.25) is 0 Å². The Kier molecular flexibility index (Phi) is 4.83. The monoisotopic (exact) mass is 222 g/mol. The van der Waals surface area contributed by atoms with Crippen LogP contribution in [0.15, 0.2) is 18.2 Å². The van der Waals surface area contributed by atoms with E-state index < -0.39 is 0 Å². The van der Waals surface area contributed by atoms with Gasteiger partial charge in [0.15, 0.2) is 5.78 Å². The summed E-state index contributed by atoms with van der Waals surface area (Å²) in [6.45, 7) is 6.82. The smallest absolute Gasteiger partial charge is 0.162 e. The highest BCUT2D eigenvalue weighted by Gasteiger charge is 2.08. The summed E-state index contributed by atoms with van der Waals surface area (Å²) in [7, 11) is 0. The van der Waals surface area contributed by atoms with E-state index in [1.807, 2.05) is 20.8 Å². The summed E-state index contributed by atoms with van der Waals surface area (Å²) >= 11 is 0. The van der Waals surface area contributed by atoms with Gasteiger partial charge in [0.25, 0.3) is 0 Å². The van der Waals surface area contributed by atoms with E-state index in [0.29, 0.717) is 36.7 Å². The zero-order valence-electron chi connectivity index (χ0n) is 10.1. The first-order chi connectivity index (χ1) is 7.71. The molecule has 0 heterocycles. The Morgan fingerprint density at radius 2 is 1.50 bits per heavy atom. The lowest BCUT2D eigenvalue weighted by Crippen LogP contribution is -2.01. The summed E-state index contributed by atoms with van der Waals surface area (Å²) in [6.07, 6.45) is 0.487. The molecule has 1 aromatic rings. The maximum atomic E-state index is 11.6. The van der Waals surface area contributed by atoms with Gasteiger partial charge in [0.2, 0.25) is 0 Å². The number of rotatable bonds is 6. The lowest BCUT2D eigenvalue weighted by Gasteiger charge is -2.09. The number of ether oxygens (including phenoxy) is 2. The predicted molar refractivity (Wildman–Crippen MR) is 63.4 cm³/mol. The molecule has 1 aromatic carbocycles. The molecule has 0 amide bonds. The molecule has 0 aromatic heterocycles. The number of hydrogen-bond acceptors (Lipinski definition) is 3. The second-order valence-corrected chi connectivity index (χ2v) is 3.34. The van der Waals surface area contributed by atoms with Crippen LogP contribution in [0.1, 0.15) is 37.6 Å². The van der Waals surface area contributed by atoms with Gasteiger partial charge in [0, 0.05) is 18.1 Å². The molecule has 3 nitrogen and oxygen atoms in total. The third kappa shape index (κ3) is 3.26. The molecule has 0 saturated heterocycles. The molecule has 0 spiro atoms. The largest absolute Gasteiger partial charge is 0.494 e. The molecule has 88 valence electrons. The summed E-state index contributed by atoms with van der Waals surface area (Å²) in [5.41, 5.74) is 0.650. The molecule has 0 fully saturated rings. The van der Waals surface area contributed by atoms with Crippen molar-refractivity contribution in [2.45, 2.75) is 27.2 Å². The Balaban J connectivity index is 3.02. The standard InChI is InChI=1S/C13H18O3/c1-4-13(14)10-7-11(15-5-2)9-12(8-10)16-6-3/h7-9H,4-6H2,1-3H3. The van der Waals surface area contributed by atoms with Crippen LogP contribution in [0.4, 0.5) is 0 Å². The Morgan fingerprint density at radius 3 is 1.88 bits per heavy atom. The van der Waals surface area contributed by atoms with E-state index in [1.165, 1.54) is 0 Å². The number of carbonyl (C=O) groups excluding carboxylic acids is 1. The highest BCUT2D eigenvalue weighted by molar-refractivity contribution is 5.96. The lowest BCUT2D eigenvalue weighted by atomic mass is 10.1. The fourth-order valence-corrected chi connectivity index (χ4v) is 1.44. The minimum absolute atomic E-state index is 0.0995. The third-order valence-corrected chi connectivity index (χ3v) is 2.15. The molecule has 0 aliphatic heterocycles. The van der Waals surface area contributed by atoms with Crippen molar-refractivity contribution in [1.82, 2.24) is 0 Å². The zero-order valence-corrected chi connectivity index (χ0v) is 10.1. The summed E-state index contributed by atoms with van der Waals surface area (Å²) in [6, 6.07) is 5.33. The number of benzene rings is 1. The van der Waals surface area contributed by atoms with Crippen LogP contribution in [-0.4, -0.2) is 19.0 Å². The first kappa shape index (κ1) is 12.6. The van der Waals surface area contributed by atoms with Crippen LogP contribution in [0, 0.1) is 0 Å². The molecule has 0 aliphatic carbocycles. The van der Waals surface area contributed by atoms with Gasteiger partial charge in [-0.05, 0) is 26.0 Å². The van der Waals surface area contributed by atoms with Gasteiger partial charge in [-0.25, -0.2) is 0 Å². The van der Waals surface area contributed by atoms with Gasteiger partial charge in [-0.2, -0.15) is 0 Å². The average molecular weight is 222 g/mol. The third-order valence-electron chi connectivity index (χ3n) is 2.15. The van der Waals surface area contributed by atoms with E-state index in [0.717, 1.165) is 0 Å². The van der Waals surface area contributed by atoms with Gasteiger partial charge in [-0.1, -0.05) is 6.92 Å². The minimum atomic E-state index is 0.0995. The quantitative estimate of drug-likeness (QED) is 0.694. The maximum Gasteiger partial charge on any atom is 0.162 e. The molecule has 0 aliphatic rings. The van der Waals surface area contributed by atoms with Crippen LogP contribution >= 0.6 is 0 Å². The first-order valence-corrected chi connectivity index (χ1v) is 5.65. The van der Waals surface area contributed by atoms with E-state index in [4.69, 9.17) is 9.47 Å². The van der Waals surface area contributed by atoms with Crippen molar-refractivity contribution in [3.8, 4) is 11.5 Å². The van der Waals surface area contributed by atoms with Gasteiger partial charge >= 0.3 is 0 Å². The van der Waals surface area contributed by atoms with Crippen molar-refractivity contribution in [1.29, 1.82) is 0 Å². The van der Waals surface area contributed by atoms with E-state index in [1.54, 1.807) is 18.2 Å². The molecule has 0 saturated carbocycles. The van der Waals surface area contributed by atoms with Crippen LogP contribution < -0.4 is 9.47 Å². The van der Waals surface area contributed by atoms with Crippen molar-refractivity contribution in [2.24, 2.45) is 0 Å². The summed E-state index contributed by atoms with van der Waals surface area (Å²) in [5.74, 6) is 1.47. The average Bonchev–Trinajstić information content (AvgIpc) is 2.28. The number of Topliss-reactive ketones (excluding diaryl/α,β-unsaturated/α-hetero) is 1. The summed E-state index contributed by atoms with van der Waals surface area (Å²) < 4.78 is 10.8. The molecule has 0 atom stereocenters. The van der Waals surface area contributed by atoms with Crippen molar-refractivity contribution >= 4 is 5.78 Å². The fraction of sp³-hybridized carbons (Fsp3) is 0.462. The predicted octanol–water partition coefficient (Wildman–Crippen LogP) is 3.08. The Morgan fingerprint density at radius 1 is 1.00 bits per heavy atom. The van der Waals surface area contributed by atoms with Crippen LogP contribution in [-0.2, 0) is 0 Å². The second-order valence-electron chi connectivity index (χ2n) is 3.34. The first-order valence-electron chi connectivity index (χ1n) is 5.65. The SMILES string of the molecule is CCOc1cc(OCC)cc(C(=O)CC)c1. The van der Waals surface area contributed by atoms with Gasteiger partial charge in [-0.15, -0.1) is 0 Å². The maximum absolute atomic E-state index is 11.6. The lowest BCUT2D eigenvalue weighted by molar-refractivity contribution is 0.0987. The van der Waals surface area contributed by atoms with Crippen LogP contribution in [0.5, 0.6) is 11.5 Å². The molecule has 3 heteroatoms. The molecule has 0 radical (unpaired) electrons. The normalized spacial score (nSPS) is 9.94. The number of ketones is 1. The molecule has 1 rings (SSSR count). The number of carbonyl (C=O) groups is 1. The Hall–Kier alpha value is -1.51. The fourth-order valence-electron chi connectivity index (χ4n) is 1.44. The topological polar surface area (TPSA) is 35.5 Å². The molecular formula is C13H18O3. The second kappa shape index (κ2) is 6.16. The zero-order chi connectivity index (χ0) is 12.0. The van der Waals surface area contributed by atoms with E-state index in [2.05, 4.69) is 0 Å². The Labute approximate surface area is 96.4 Å². The summed E-state index contributed by atoms with van der Waals surface area (Å²) in [4.78, 5) is 11.6. The van der Waals surface area contributed by atoms with Crippen molar-refractivity contribution in [3.63, 3.8) is 0 Å². The van der Waals surface area contributed by atoms with Gasteiger partial charge in [0.05, 0.1) is 13.2 Å². The van der Waals surface area contributed by atoms with E-state index in [9.17, 15) is 4.79 Å². The Bertz CT molecular complexity index is 334.